The van der Waals surface area contributed by atoms with Crippen LogP contribution in [0.15, 0.2) is 47.4 Å². The molecule has 6 heteroatoms. The van der Waals surface area contributed by atoms with E-state index in [-0.39, 0.29) is 11.8 Å². The van der Waals surface area contributed by atoms with Gasteiger partial charge in [0.2, 0.25) is 5.91 Å². The standard InChI is InChI=1S/C21H23N3O2S/c25-20-10-13-27-19-9-8-15(14-17(19)22-20)21(26)23-16-6-2-3-7-18(16)24-11-4-1-5-12-24/h2-3,6-9,14H,1,4-5,10-13H2,(H,22,25)(H,23,26). The van der Waals surface area contributed by atoms with Crippen molar-refractivity contribution >= 4 is 40.6 Å². The topological polar surface area (TPSA) is 61.4 Å². The number of para-hydroxylation sites is 2. The van der Waals surface area contributed by atoms with Gasteiger partial charge in [-0.05, 0) is 49.6 Å². The van der Waals surface area contributed by atoms with Crippen LogP contribution in [-0.4, -0.2) is 30.7 Å². The van der Waals surface area contributed by atoms with Crippen LogP contribution in [0.2, 0.25) is 0 Å². The van der Waals surface area contributed by atoms with Crippen LogP contribution in [0, 0.1) is 0 Å². The van der Waals surface area contributed by atoms with Gasteiger partial charge >= 0.3 is 0 Å². The molecule has 0 aromatic heterocycles. The van der Waals surface area contributed by atoms with Gasteiger partial charge in [0.15, 0.2) is 0 Å². The average molecular weight is 382 g/mol. The highest BCUT2D eigenvalue weighted by Gasteiger charge is 2.18. The SMILES string of the molecule is O=C1CCSc2ccc(C(=O)Nc3ccccc3N3CCCCC3)cc2N1. The van der Waals surface area contributed by atoms with E-state index in [2.05, 4.69) is 21.6 Å². The Balaban J connectivity index is 1.55. The van der Waals surface area contributed by atoms with E-state index in [9.17, 15) is 9.59 Å². The third-order valence-electron chi connectivity index (χ3n) is 4.95. The van der Waals surface area contributed by atoms with E-state index in [0.717, 1.165) is 40.8 Å². The number of nitrogens with one attached hydrogen (secondary N) is 2. The fourth-order valence-corrected chi connectivity index (χ4v) is 4.48. The lowest BCUT2D eigenvalue weighted by Gasteiger charge is -2.30. The maximum absolute atomic E-state index is 12.9. The van der Waals surface area contributed by atoms with Crippen LogP contribution in [0.4, 0.5) is 17.1 Å². The Kier molecular flexibility index (Phi) is 5.34. The zero-order chi connectivity index (χ0) is 18.6. The Labute approximate surface area is 163 Å². The summed E-state index contributed by atoms with van der Waals surface area (Å²) >= 11 is 1.64. The molecule has 0 spiro atoms. The molecule has 0 aliphatic carbocycles. The molecule has 2 aliphatic rings. The van der Waals surface area contributed by atoms with Crippen molar-refractivity contribution in [2.45, 2.75) is 30.6 Å². The molecule has 2 heterocycles. The second kappa shape index (κ2) is 8.05. The maximum Gasteiger partial charge on any atom is 0.255 e. The monoisotopic (exact) mass is 381 g/mol. The summed E-state index contributed by atoms with van der Waals surface area (Å²) in [7, 11) is 0. The third kappa shape index (κ3) is 4.11. The second-order valence-corrected chi connectivity index (χ2v) is 8.01. The van der Waals surface area contributed by atoms with Crippen LogP contribution in [0.5, 0.6) is 0 Å². The van der Waals surface area contributed by atoms with Crippen molar-refractivity contribution in [2.75, 3.05) is 34.4 Å². The van der Waals surface area contributed by atoms with E-state index < -0.39 is 0 Å². The summed E-state index contributed by atoms with van der Waals surface area (Å²) in [5, 5.41) is 5.95. The van der Waals surface area contributed by atoms with Crippen LogP contribution in [-0.2, 0) is 4.79 Å². The lowest BCUT2D eigenvalue weighted by molar-refractivity contribution is -0.115. The Morgan fingerprint density at radius 3 is 2.74 bits per heavy atom. The van der Waals surface area contributed by atoms with Crippen LogP contribution < -0.4 is 15.5 Å². The minimum atomic E-state index is -0.161. The van der Waals surface area contributed by atoms with E-state index >= 15 is 0 Å². The maximum atomic E-state index is 12.9. The van der Waals surface area contributed by atoms with Crippen molar-refractivity contribution in [1.82, 2.24) is 0 Å². The van der Waals surface area contributed by atoms with Gasteiger partial charge in [0.1, 0.15) is 0 Å². The van der Waals surface area contributed by atoms with E-state index in [0.29, 0.717) is 12.0 Å². The molecule has 140 valence electrons. The molecular formula is C21H23N3O2S. The summed E-state index contributed by atoms with van der Waals surface area (Å²) in [5.74, 6) is 0.591. The number of hydrogen-bond acceptors (Lipinski definition) is 4. The highest BCUT2D eigenvalue weighted by atomic mass is 32.2. The first-order valence-electron chi connectivity index (χ1n) is 9.43. The van der Waals surface area contributed by atoms with Crippen LogP contribution in [0.1, 0.15) is 36.0 Å². The first-order chi connectivity index (χ1) is 13.2. The Bertz CT molecular complexity index is 862. The highest BCUT2D eigenvalue weighted by molar-refractivity contribution is 7.99. The number of carbonyl (C=O) groups excluding carboxylic acids is 2. The Morgan fingerprint density at radius 2 is 1.89 bits per heavy atom. The van der Waals surface area contributed by atoms with Crippen molar-refractivity contribution in [3.8, 4) is 0 Å². The first-order valence-corrected chi connectivity index (χ1v) is 10.4. The Morgan fingerprint density at radius 1 is 1.07 bits per heavy atom. The molecule has 27 heavy (non-hydrogen) atoms. The van der Waals surface area contributed by atoms with Gasteiger partial charge in [0.05, 0.1) is 17.1 Å². The molecule has 0 bridgehead atoms. The largest absolute Gasteiger partial charge is 0.370 e. The number of hydrogen-bond donors (Lipinski definition) is 2. The quantitative estimate of drug-likeness (QED) is 0.829. The minimum Gasteiger partial charge on any atom is -0.370 e. The van der Waals surface area contributed by atoms with Gasteiger partial charge in [-0.15, -0.1) is 11.8 Å². The van der Waals surface area contributed by atoms with Crippen molar-refractivity contribution in [3.05, 3.63) is 48.0 Å². The molecule has 4 rings (SSSR count). The summed E-state index contributed by atoms with van der Waals surface area (Å²) < 4.78 is 0. The number of benzene rings is 2. The van der Waals surface area contributed by atoms with Crippen molar-refractivity contribution < 1.29 is 9.59 Å². The zero-order valence-electron chi connectivity index (χ0n) is 15.2. The van der Waals surface area contributed by atoms with E-state index in [4.69, 9.17) is 0 Å². The number of amides is 2. The summed E-state index contributed by atoms with van der Waals surface area (Å²) in [6, 6.07) is 13.5. The Hall–Kier alpha value is -2.47. The van der Waals surface area contributed by atoms with Crippen LogP contribution in [0.25, 0.3) is 0 Å². The van der Waals surface area contributed by atoms with Crippen molar-refractivity contribution in [1.29, 1.82) is 0 Å². The molecule has 0 unspecified atom stereocenters. The molecule has 2 aromatic carbocycles. The highest BCUT2D eigenvalue weighted by Crippen LogP contribution is 2.32. The summed E-state index contributed by atoms with van der Waals surface area (Å²) in [6.07, 6.45) is 4.13. The molecule has 0 saturated carbocycles. The number of fused-ring (bicyclic) bond motifs is 1. The van der Waals surface area contributed by atoms with Crippen LogP contribution in [0.3, 0.4) is 0 Å². The van der Waals surface area contributed by atoms with Gasteiger partial charge in [-0.2, -0.15) is 0 Å². The number of piperidine rings is 1. The van der Waals surface area contributed by atoms with Gasteiger partial charge < -0.3 is 15.5 Å². The third-order valence-corrected chi connectivity index (χ3v) is 6.03. The molecule has 2 N–H and O–H groups in total. The fraction of sp³-hybridized carbons (Fsp3) is 0.333. The second-order valence-electron chi connectivity index (χ2n) is 6.88. The van der Waals surface area contributed by atoms with Crippen molar-refractivity contribution in [2.24, 2.45) is 0 Å². The molecule has 2 amide bonds. The predicted octanol–water partition coefficient (Wildman–Crippen LogP) is 4.36. The normalized spacial score (nSPS) is 16.9. The summed E-state index contributed by atoms with van der Waals surface area (Å²) in [5.41, 5.74) is 3.17. The summed E-state index contributed by atoms with van der Waals surface area (Å²) in [6.45, 7) is 2.05. The zero-order valence-corrected chi connectivity index (χ0v) is 16.0. The molecule has 1 fully saturated rings. The van der Waals surface area contributed by atoms with Gasteiger partial charge in [-0.25, -0.2) is 0 Å². The van der Waals surface area contributed by atoms with E-state index in [1.807, 2.05) is 30.3 Å². The van der Waals surface area contributed by atoms with Gasteiger partial charge in [-0.1, -0.05) is 12.1 Å². The molecule has 0 atom stereocenters. The molecule has 1 saturated heterocycles. The van der Waals surface area contributed by atoms with Gasteiger partial charge in [0, 0.05) is 35.7 Å². The molecule has 5 nitrogen and oxygen atoms in total. The molecule has 2 aliphatic heterocycles. The first kappa shape index (κ1) is 17.9. The van der Waals surface area contributed by atoms with Gasteiger partial charge in [-0.3, -0.25) is 9.59 Å². The molecule has 2 aromatic rings. The molecule has 0 radical (unpaired) electrons. The number of rotatable bonds is 3. The van der Waals surface area contributed by atoms with E-state index in [1.54, 1.807) is 17.8 Å². The van der Waals surface area contributed by atoms with Crippen LogP contribution >= 0.6 is 11.8 Å². The van der Waals surface area contributed by atoms with Gasteiger partial charge in [0.25, 0.3) is 5.91 Å². The molecular weight excluding hydrogens is 358 g/mol. The number of carbonyl (C=O) groups is 2. The smallest absolute Gasteiger partial charge is 0.255 e. The average Bonchev–Trinajstić information content (AvgIpc) is 2.89. The lowest BCUT2D eigenvalue weighted by atomic mass is 10.1. The number of anilines is 3. The fourth-order valence-electron chi connectivity index (χ4n) is 3.55. The minimum absolute atomic E-state index is 0.00532. The predicted molar refractivity (Wildman–Crippen MR) is 111 cm³/mol. The van der Waals surface area contributed by atoms with Crippen molar-refractivity contribution in [3.63, 3.8) is 0 Å². The lowest BCUT2D eigenvalue weighted by Crippen LogP contribution is -2.30. The number of thioether (sulfide) groups is 1. The number of nitrogens with zero attached hydrogens (tertiary/aromatic N) is 1. The van der Waals surface area contributed by atoms with E-state index in [1.165, 1.54) is 19.3 Å². The summed E-state index contributed by atoms with van der Waals surface area (Å²) in [4.78, 5) is 28.0.